The second-order valence-corrected chi connectivity index (χ2v) is 6.94. The number of nitrogens with zero attached hydrogens (tertiary/aromatic N) is 1. The molecule has 1 nitrogen and oxygen atoms in total. The van der Waals surface area contributed by atoms with Crippen molar-refractivity contribution in [3.05, 3.63) is 94.2 Å². The van der Waals surface area contributed by atoms with Gasteiger partial charge in [-0.3, -0.25) is 0 Å². The van der Waals surface area contributed by atoms with E-state index in [1.807, 2.05) is 0 Å². The molecule has 23 heavy (non-hydrogen) atoms. The fourth-order valence-electron chi connectivity index (χ4n) is 4.32. The third-order valence-electron chi connectivity index (χ3n) is 5.61. The lowest BCUT2D eigenvalue weighted by Crippen LogP contribution is -2.16. The number of benzene rings is 2. The molecule has 1 heteroatoms. The van der Waals surface area contributed by atoms with Gasteiger partial charge in [0, 0.05) is 12.7 Å². The van der Waals surface area contributed by atoms with Gasteiger partial charge in [0.05, 0.1) is 6.04 Å². The molecule has 0 saturated carbocycles. The predicted molar refractivity (Wildman–Crippen MR) is 94.3 cm³/mol. The number of aryl methyl sites for hydroxylation is 4. The zero-order chi connectivity index (χ0) is 15.2. The Kier molecular flexibility index (Phi) is 2.94. The molecule has 0 spiro atoms. The summed E-state index contributed by atoms with van der Waals surface area (Å²) in [6.45, 7) is 1.07. The molecular weight excluding hydrogens is 278 g/mol. The molecule has 4 bridgehead atoms. The largest absolute Gasteiger partial charge is 0.363 e. The maximum atomic E-state index is 2.49. The van der Waals surface area contributed by atoms with E-state index in [2.05, 4.69) is 65.7 Å². The molecule has 1 atom stereocenters. The summed E-state index contributed by atoms with van der Waals surface area (Å²) in [7, 11) is 0. The van der Waals surface area contributed by atoms with Gasteiger partial charge >= 0.3 is 0 Å². The molecule has 4 aliphatic carbocycles. The van der Waals surface area contributed by atoms with E-state index in [1.165, 1.54) is 11.1 Å². The Bertz CT molecular complexity index is 811. The van der Waals surface area contributed by atoms with Crippen LogP contribution in [0.4, 0.5) is 0 Å². The molecule has 1 unspecified atom stereocenters. The molecule has 0 N–H and O–H groups in total. The van der Waals surface area contributed by atoms with Crippen molar-refractivity contribution in [2.24, 2.45) is 0 Å². The van der Waals surface area contributed by atoms with Gasteiger partial charge in [-0.05, 0) is 65.1 Å². The van der Waals surface area contributed by atoms with Gasteiger partial charge in [0.15, 0.2) is 0 Å². The van der Waals surface area contributed by atoms with Crippen molar-refractivity contribution < 1.29 is 0 Å². The molecular formula is C22H21N. The average Bonchev–Trinajstić information content (AvgIpc) is 2.97. The molecule has 6 aliphatic rings. The van der Waals surface area contributed by atoms with E-state index in [9.17, 15) is 0 Å². The Morgan fingerprint density at radius 1 is 0.739 bits per heavy atom. The first-order valence-electron chi connectivity index (χ1n) is 8.70. The normalized spacial score (nSPS) is 21.0. The van der Waals surface area contributed by atoms with Crippen molar-refractivity contribution in [1.29, 1.82) is 0 Å². The van der Waals surface area contributed by atoms with E-state index < -0.39 is 0 Å². The van der Waals surface area contributed by atoms with Gasteiger partial charge in [-0.2, -0.15) is 0 Å². The zero-order valence-corrected chi connectivity index (χ0v) is 13.3. The molecule has 2 aromatic rings. The highest BCUT2D eigenvalue weighted by Crippen LogP contribution is 2.41. The van der Waals surface area contributed by atoms with Gasteiger partial charge in [-0.25, -0.2) is 0 Å². The Balaban J connectivity index is 1.64. The van der Waals surface area contributed by atoms with E-state index >= 15 is 0 Å². The average molecular weight is 299 g/mol. The second kappa shape index (κ2) is 5.13. The Hall–Kier alpha value is -2.28. The fraction of sp³-hybridized carbons (Fsp3) is 0.273. The highest BCUT2D eigenvalue weighted by atomic mass is 15.2. The first kappa shape index (κ1) is 13.2. The summed E-state index contributed by atoms with van der Waals surface area (Å²) < 4.78 is 0. The van der Waals surface area contributed by atoms with Crippen LogP contribution in [0.1, 0.15) is 39.4 Å². The second-order valence-electron chi connectivity index (χ2n) is 6.94. The molecule has 0 radical (unpaired) electrons. The molecule has 0 fully saturated rings. The standard InChI is InChI=1S/C22H21N/c1-2-14-23-15-20-18-10-8-16-4-6-17(7-5-16)9-11-19(13-12-18)22(20)21(23)3-1/h1-7,12-14,21H,8-11,15H2. The van der Waals surface area contributed by atoms with Gasteiger partial charge in [-0.15, -0.1) is 0 Å². The molecule has 2 aliphatic heterocycles. The highest BCUT2D eigenvalue weighted by Gasteiger charge is 2.31. The minimum Gasteiger partial charge on any atom is -0.363 e. The summed E-state index contributed by atoms with van der Waals surface area (Å²) in [5.74, 6) is 0. The summed E-state index contributed by atoms with van der Waals surface area (Å²) in [4.78, 5) is 2.49. The zero-order valence-electron chi connectivity index (χ0n) is 13.3. The number of hydrogen-bond donors (Lipinski definition) is 0. The third-order valence-corrected chi connectivity index (χ3v) is 5.61. The molecule has 2 aromatic carbocycles. The van der Waals surface area contributed by atoms with Gasteiger partial charge in [0.1, 0.15) is 0 Å². The maximum Gasteiger partial charge on any atom is 0.0733 e. The van der Waals surface area contributed by atoms with Crippen LogP contribution >= 0.6 is 0 Å². The summed E-state index contributed by atoms with van der Waals surface area (Å²) in [6.07, 6.45) is 13.6. The molecule has 0 aromatic heterocycles. The fourth-order valence-corrected chi connectivity index (χ4v) is 4.32. The number of hydrogen-bond acceptors (Lipinski definition) is 1. The van der Waals surface area contributed by atoms with Gasteiger partial charge in [-0.1, -0.05) is 48.6 Å². The van der Waals surface area contributed by atoms with Crippen LogP contribution in [0, 0.1) is 0 Å². The third kappa shape index (κ3) is 2.15. The van der Waals surface area contributed by atoms with Crippen LogP contribution in [0.3, 0.4) is 0 Å². The molecule has 2 heterocycles. The van der Waals surface area contributed by atoms with Gasteiger partial charge in [0.25, 0.3) is 0 Å². The number of allylic oxidation sites excluding steroid dienone is 2. The Morgan fingerprint density at radius 3 is 2.22 bits per heavy atom. The lowest BCUT2D eigenvalue weighted by molar-refractivity contribution is 0.348. The smallest absolute Gasteiger partial charge is 0.0733 e. The van der Waals surface area contributed by atoms with E-state index in [0.29, 0.717) is 6.04 Å². The number of rotatable bonds is 0. The minimum atomic E-state index is 0.453. The highest BCUT2D eigenvalue weighted by molar-refractivity contribution is 5.50. The van der Waals surface area contributed by atoms with Crippen LogP contribution in [0.2, 0.25) is 0 Å². The van der Waals surface area contributed by atoms with E-state index in [4.69, 9.17) is 0 Å². The van der Waals surface area contributed by atoms with Crippen LogP contribution in [0.25, 0.3) is 0 Å². The van der Waals surface area contributed by atoms with Crippen molar-refractivity contribution in [3.8, 4) is 0 Å². The summed E-state index contributed by atoms with van der Waals surface area (Å²) in [6, 6.07) is 14.5. The van der Waals surface area contributed by atoms with Crippen LogP contribution in [-0.2, 0) is 32.2 Å². The van der Waals surface area contributed by atoms with Gasteiger partial charge < -0.3 is 4.90 Å². The monoisotopic (exact) mass is 299 g/mol. The van der Waals surface area contributed by atoms with Crippen LogP contribution in [-0.4, -0.2) is 4.90 Å². The van der Waals surface area contributed by atoms with Crippen molar-refractivity contribution in [3.63, 3.8) is 0 Å². The molecule has 0 saturated heterocycles. The maximum absolute atomic E-state index is 2.49. The lowest BCUT2D eigenvalue weighted by atomic mass is 9.88. The topological polar surface area (TPSA) is 3.24 Å². The molecule has 114 valence electrons. The van der Waals surface area contributed by atoms with Crippen molar-refractivity contribution in [2.75, 3.05) is 0 Å². The van der Waals surface area contributed by atoms with Crippen molar-refractivity contribution in [2.45, 2.75) is 38.3 Å². The van der Waals surface area contributed by atoms with E-state index in [0.717, 1.165) is 32.2 Å². The molecule has 0 amide bonds. The first-order chi connectivity index (χ1) is 11.4. The summed E-state index contributed by atoms with van der Waals surface area (Å²) >= 11 is 0. The van der Waals surface area contributed by atoms with E-state index in [-0.39, 0.29) is 0 Å². The predicted octanol–water partition coefficient (Wildman–Crippen LogP) is 4.51. The number of fused-ring (bicyclic) bond motifs is 1. The van der Waals surface area contributed by atoms with Gasteiger partial charge in [0.2, 0.25) is 0 Å². The summed E-state index contributed by atoms with van der Waals surface area (Å²) in [5, 5.41) is 0. The van der Waals surface area contributed by atoms with Crippen molar-refractivity contribution in [1.82, 2.24) is 4.90 Å². The SMILES string of the molecule is C1=CC2c3c4ccc(c3CN2C=C1)CCc1ccc(cc1)CC4. The van der Waals surface area contributed by atoms with Crippen LogP contribution in [0.15, 0.2) is 60.8 Å². The van der Waals surface area contributed by atoms with Crippen molar-refractivity contribution >= 4 is 0 Å². The lowest BCUT2D eigenvalue weighted by Gasteiger charge is -2.24. The summed E-state index contributed by atoms with van der Waals surface area (Å²) in [5.41, 5.74) is 9.20. The first-order valence-corrected chi connectivity index (χ1v) is 8.70. The minimum absolute atomic E-state index is 0.453. The van der Waals surface area contributed by atoms with Crippen LogP contribution in [0.5, 0.6) is 0 Å². The van der Waals surface area contributed by atoms with Crippen LogP contribution < -0.4 is 0 Å². The van der Waals surface area contributed by atoms with E-state index in [1.54, 1.807) is 22.3 Å². The molecule has 8 rings (SSSR count). The Morgan fingerprint density at radius 2 is 1.43 bits per heavy atom. The Labute approximate surface area is 138 Å². The quantitative estimate of drug-likeness (QED) is 0.692.